The first-order chi connectivity index (χ1) is 9.70. The number of aromatic nitrogens is 2. The van der Waals surface area contributed by atoms with Gasteiger partial charge in [-0.05, 0) is 0 Å². The molecule has 1 aromatic heterocycles. The van der Waals surface area contributed by atoms with E-state index in [9.17, 15) is 26.7 Å². The van der Waals surface area contributed by atoms with Crippen LogP contribution < -0.4 is 10.9 Å². The van der Waals surface area contributed by atoms with Gasteiger partial charge in [-0.1, -0.05) is 11.6 Å². The predicted molar refractivity (Wildman–Crippen MR) is 64.9 cm³/mol. The Morgan fingerprint density at radius 1 is 1.43 bits per heavy atom. The van der Waals surface area contributed by atoms with Crippen LogP contribution in [0.1, 0.15) is 0 Å². The fraction of sp³-hybridized carbons (Fsp3) is 0.600. The average molecular weight is 336 g/mol. The quantitative estimate of drug-likeness (QED) is 0.613. The summed E-state index contributed by atoms with van der Waals surface area (Å²) in [6.45, 7) is -2.34. The van der Waals surface area contributed by atoms with E-state index in [4.69, 9.17) is 11.6 Å². The molecular formula is C10H11ClF5N3O2. The van der Waals surface area contributed by atoms with Crippen LogP contribution in [0.5, 0.6) is 0 Å². The van der Waals surface area contributed by atoms with Gasteiger partial charge in [0.15, 0.2) is 0 Å². The largest absolute Gasteiger partial charge is 0.408 e. The number of alkyl halides is 5. The molecule has 5 nitrogen and oxygen atoms in total. The van der Waals surface area contributed by atoms with E-state index in [-0.39, 0.29) is 23.5 Å². The van der Waals surface area contributed by atoms with Gasteiger partial charge in [-0.2, -0.15) is 18.3 Å². The van der Waals surface area contributed by atoms with Crippen molar-refractivity contribution in [1.82, 2.24) is 9.78 Å². The number of halogens is 6. The second-order valence-electron chi connectivity index (χ2n) is 3.84. The molecule has 0 amide bonds. The van der Waals surface area contributed by atoms with Crippen molar-refractivity contribution >= 4 is 17.3 Å². The summed E-state index contributed by atoms with van der Waals surface area (Å²) in [4.78, 5) is 11.5. The van der Waals surface area contributed by atoms with Crippen LogP contribution in [0.25, 0.3) is 0 Å². The van der Waals surface area contributed by atoms with Crippen molar-refractivity contribution in [3.8, 4) is 0 Å². The van der Waals surface area contributed by atoms with Gasteiger partial charge in [0.2, 0.25) is 0 Å². The molecule has 0 unspecified atom stereocenters. The molecule has 0 aliphatic carbocycles. The van der Waals surface area contributed by atoms with E-state index in [0.29, 0.717) is 0 Å². The molecular weight excluding hydrogens is 325 g/mol. The Morgan fingerprint density at radius 3 is 2.67 bits per heavy atom. The van der Waals surface area contributed by atoms with Gasteiger partial charge in [-0.15, -0.1) is 0 Å². The highest BCUT2D eigenvalue weighted by atomic mass is 35.5. The summed E-state index contributed by atoms with van der Waals surface area (Å²) in [5.41, 5.74) is -1.10. The zero-order valence-electron chi connectivity index (χ0n) is 10.5. The van der Waals surface area contributed by atoms with Crippen LogP contribution >= 0.6 is 11.6 Å². The molecule has 120 valence electrons. The third kappa shape index (κ3) is 6.25. The molecule has 11 heteroatoms. The van der Waals surface area contributed by atoms with Crippen LogP contribution in [-0.4, -0.2) is 42.1 Å². The minimum absolute atomic E-state index is 0.000683. The van der Waals surface area contributed by atoms with Crippen molar-refractivity contribution in [1.29, 1.82) is 0 Å². The maximum absolute atomic E-state index is 12.2. The first-order valence-corrected chi connectivity index (χ1v) is 6.00. The highest BCUT2D eigenvalue weighted by molar-refractivity contribution is 6.32. The smallest absolute Gasteiger partial charge is 0.380 e. The highest BCUT2D eigenvalue weighted by Gasteiger charge is 2.29. The molecule has 0 aromatic carbocycles. The van der Waals surface area contributed by atoms with Crippen molar-refractivity contribution in [2.45, 2.75) is 19.1 Å². The maximum atomic E-state index is 12.2. The van der Waals surface area contributed by atoms with E-state index in [1.165, 1.54) is 0 Å². The molecule has 0 radical (unpaired) electrons. The van der Waals surface area contributed by atoms with Gasteiger partial charge >= 0.3 is 6.18 Å². The molecule has 1 rings (SSSR count). The Morgan fingerprint density at radius 2 is 2.10 bits per heavy atom. The van der Waals surface area contributed by atoms with Crippen LogP contribution in [-0.2, 0) is 11.3 Å². The van der Waals surface area contributed by atoms with Crippen LogP contribution in [0.2, 0.25) is 5.02 Å². The average Bonchev–Trinajstić information content (AvgIpc) is 2.35. The minimum Gasteiger partial charge on any atom is -0.380 e. The van der Waals surface area contributed by atoms with Crippen molar-refractivity contribution in [2.75, 3.05) is 25.1 Å². The SMILES string of the molecule is O=c1c(Cl)c(NCCOCC(F)F)cnn1CC(F)(F)F. The Labute approximate surface area is 120 Å². The zero-order valence-corrected chi connectivity index (χ0v) is 11.2. The van der Waals surface area contributed by atoms with Crippen LogP contribution in [0, 0.1) is 0 Å². The Bertz CT molecular complexity index is 520. The van der Waals surface area contributed by atoms with Crippen LogP contribution in [0.3, 0.4) is 0 Å². The first kappa shape index (κ1) is 17.6. The topological polar surface area (TPSA) is 56.1 Å². The van der Waals surface area contributed by atoms with Crippen molar-refractivity contribution in [3.05, 3.63) is 21.6 Å². The number of hydrogen-bond donors (Lipinski definition) is 1. The zero-order chi connectivity index (χ0) is 16.0. The lowest BCUT2D eigenvalue weighted by Crippen LogP contribution is -2.31. The van der Waals surface area contributed by atoms with Gasteiger partial charge < -0.3 is 10.1 Å². The van der Waals surface area contributed by atoms with Crippen molar-refractivity contribution in [2.24, 2.45) is 0 Å². The molecule has 1 N–H and O–H groups in total. The van der Waals surface area contributed by atoms with Crippen LogP contribution in [0.4, 0.5) is 27.6 Å². The van der Waals surface area contributed by atoms with E-state index in [1.54, 1.807) is 0 Å². The lowest BCUT2D eigenvalue weighted by Gasteiger charge is -2.11. The molecule has 0 atom stereocenters. The molecule has 0 saturated carbocycles. The summed E-state index contributed by atoms with van der Waals surface area (Å²) in [7, 11) is 0. The van der Waals surface area contributed by atoms with E-state index in [1.807, 2.05) is 0 Å². The van der Waals surface area contributed by atoms with Gasteiger partial charge in [0, 0.05) is 6.54 Å². The molecule has 1 heterocycles. The maximum Gasteiger partial charge on any atom is 0.408 e. The number of anilines is 1. The lowest BCUT2D eigenvalue weighted by molar-refractivity contribution is -0.143. The second-order valence-corrected chi connectivity index (χ2v) is 4.22. The first-order valence-electron chi connectivity index (χ1n) is 5.63. The number of nitrogens with one attached hydrogen (secondary N) is 1. The summed E-state index contributed by atoms with van der Waals surface area (Å²) in [6.07, 6.45) is -6.25. The minimum atomic E-state index is -4.60. The summed E-state index contributed by atoms with van der Waals surface area (Å²) < 4.78 is 64.8. The van der Waals surface area contributed by atoms with Gasteiger partial charge in [-0.25, -0.2) is 13.5 Å². The van der Waals surface area contributed by atoms with Gasteiger partial charge in [0.1, 0.15) is 18.2 Å². The lowest BCUT2D eigenvalue weighted by atomic mass is 10.4. The normalized spacial score (nSPS) is 12.0. The molecule has 0 saturated heterocycles. The summed E-state index contributed by atoms with van der Waals surface area (Å²) >= 11 is 5.63. The number of ether oxygens (including phenoxy) is 1. The molecule has 21 heavy (non-hydrogen) atoms. The molecule has 0 fully saturated rings. The van der Waals surface area contributed by atoms with E-state index in [2.05, 4.69) is 15.2 Å². The third-order valence-corrected chi connectivity index (χ3v) is 2.48. The molecule has 1 aromatic rings. The van der Waals surface area contributed by atoms with Gasteiger partial charge in [0.05, 0.1) is 18.5 Å². The predicted octanol–water partition coefficient (Wildman–Crippen LogP) is 2.15. The van der Waals surface area contributed by atoms with Gasteiger partial charge in [0.25, 0.3) is 12.0 Å². The van der Waals surface area contributed by atoms with E-state index in [0.717, 1.165) is 6.20 Å². The summed E-state index contributed by atoms with van der Waals surface area (Å²) in [5.74, 6) is 0. The Kier molecular flexibility index (Phi) is 6.34. The second kappa shape index (κ2) is 7.55. The molecule has 0 spiro atoms. The van der Waals surface area contributed by atoms with Gasteiger partial charge in [-0.3, -0.25) is 4.79 Å². The van der Waals surface area contributed by atoms with E-state index < -0.39 is 36.3 Å². The standard InChI is InChI=1S/C10H11ClF5N3O2/c11-8-6(17-1-2-21-4-7(12)13)3-18-19(9(8)20)5-10(14,15)16/h3,7,17H,1-2,4-5H2. The fourth-order valence-corrected chi connectivity index (χ4v) is 1.51. The van der Waals surface area contributed by atoms with Crippen molar-refractivity contribution < 1.29 is 26.7 Å². The number of hydrogen-bond acceptors (Lipinski definition) is 4. The molecule has 0 aliphatic heterocycles. The Hall–Kier alpha value is -1.42. The number of nitrogens with zero attached hydrogens (tertiary/aromatic N) is 2. The Balaban J connectivity index is 2.61. The van der Waals surface area contributed by atoms with E-state index >= 15 is 0 Å². The summed E-state index contributed by atoms with van der Waals surface area (Å²) in [5, 5.41) is 5.42. The van der Waals surface area contributed by atoms with Crippen molar-refractivity contribution in [3.63, 3.8) is 0 Å². The summed E-state index contributed by atoms with van der Waals surface area (Å²) in [6, 6.07) is 0. The fourth-order valence-electron chi connectivity index (χ4n) is 1.30. The highest BCUT2D eigenvalue weighted by Crippen LogP contribution is 2.18. The molecule has 0 aliphatic rings. The number of rotatable bonds is 7. The third-order valence-electron chi connectivity index (χ3n) is 2.12. The van der Waals surface area contributed by atoms with Crippen LogP contribution in [0.15, 0.2) is 11.0 Å². The monoisotopic (exact) mass is 335 g/mol. The molecule has 0 bridgehead atoms.